The zero-order valence-corrected chi connectivity index (χ0v) is 12.1. The van der Waals surface area contributed by atoms with Crippen LogP contribution in [-0.4, -0.2) is 37.7 Å². The minimum atomic E-state index is 0.147. The maximum Gasteiger partial charge on any atom is 0.0669 e. The van der Waals surface area contributed by atoms with Crippen molar-refractivity contribution in [3.05, 3.63) is 34.3 Å². The van der Waals surface area contributed by atoms with Crippen molar-refractivity contribution in [1.82, 2.24) is 4.90 Å². The van der Waals surface area contributed by atoms with E-state index in [-0.39, 0.29) is 6.10 Å². The highest BCUT2D eigenvalue weighted by Crippen LogP contribution is 2.12. The average molecular weight is 301 g/mol. The van der Waals surface area contributed by atoms with Gasteiger partial charge in [-0.15, -0.1) is 0 Å². The second-order valence-electron chi connectivity index (χ2n) is 4.28. The highest BCUT2D eigenvalue weighted by Gasteiger charge is 2.03. The molecule has 1 aromatic rings. The molecule has 1 aromatic carbocycles. The van der Waals surface area contributed by atoms with E-state index < -0.39 is 0 Å². The Morgan fingerprint density at radius 2 is 2.24 bits per heavy atom. The number of nitrogens with zero attached hydrogens (tertiary/aromatic N) is 1. The summed E-state index contributed by atoms with van der Waals surface area (Å²) in [7, 11) is 2.09. The minimum absolute atomic E-state index is 0.147. The van der Waals surface area contributed by atoms with Crippen molar-refractivity contribution in [3.8, 4) is 0 Å². The molecule has 96 valence electrons. The monoisotopic (exact) mass is 300 g/mol. The molecular weight excluding hydrogens is 280 g/mol. The molecular formula is C13H21BrN2O. The van der Waals surface area contributed by atoms with E-state index >= 15 is 0 Å². The van der Waals surface area contributed by atoms with Gasteiger partial charge in [-0.1, -0.05) is 28.1 Å². The summed E-state index contributed by atoms with van der Waals surface area (Å²) in [6.45, 7) is 5.14. The molecule has 0 heterocycles. The number of benzene rings is 1. The fourth-order valence-electron chi connectivity index (χ4n) is 1.50. The van der Waals surface area contributed by atoms with E-state index in [9.17, 15) is 0 Å². The van der Waals surface area contributed by atoms with E-state index in [2.05, 4.69) is 46.1 Å². The molecule has 1 unspecified atom stereocenters. The molecule has 0 aromatic heterocycles. The molecule has 0 saturated heterocycles. The molecule has 4 heteroatoms. The number of likely N-dealkylation sites (N-methyl/N-ethyl adjacent to an activating group) is 1. The summed E-state index contributed by atoms with van der Waals surface area (Å²) < 4.78 is 6.67. The third kappa shape index (κ3) is 6.17. The lowest BCUT2D eigenvalue weighted by Crippen LogP contribution is -2.27. The maximum atomic E-state index is 5.55. The van der Waals surface area contributed by atoms with Crippen LogP contribution in [-0.2, 0) is 11.3 Å². The van der Waals surface area contributed by atoms with E-state index in [0.29, 0.717) is 6.54 Å². The molecule has 0 bridgehead atoms. The van der Waals surface area contributed by atoms with Crippen LogP contribution in [0.15, 0.2) is 28.7 Å². The molecule has 17 heavy (non-hydrogen) atoms. The Bertz CT molecular complexity index is 333. The van der Waals surface area contributed by atoms with Crippen LogP contribution in [0.2, 0.25) is 0 Å². The van der Waals surface area contributed by atoms with E-state index in [0.717, 1.165) is 24.2 Å². The van der Waals surface area contributed by atoms with Crippen LogP contribution in [0.5, 0.6) is 0 Å². The predicted octanol–water partition coefficient (Wildman–Crippen LogP) is 2.24. The Labute approximate surface area is 112 Å². The third-order valence-corrected chi connectivity index (χ3v) is 3.04. The molecule has 1 atom stereocenters. The van der Waals surface area contributed by atoms with Crippen LogP contribution in [0.25, 0.3) is 0 Å². The molecule has 0 aliphatic rings. The summed E-state index contributed by atoms with van der Waals surface area (Å²) in [4.78, 5) is 2.24. The summed E-state index contributed by atoms with van der Waals surface area (Å²) in [6, 6.07) is 8.36. The van der Waals surface area contributed by atoms with E-state index in [1.165, 1.54) is 5.56 Å². The number of nitrogens with two attached hydrogens (primary N) is 1. The quantitative estimate of drug-likeness (QED) is 0.839. The van der Waals surface area contributed by atoms with Crippen LogP contribution in [0, 0.1) is 0 Å². The number of halogens is 1. The van der Waals surface area contributed by atoms with Gasteiger partial charge in [0.05, 0.1) is 12.7 Å². The van der Waals surface area contributed by atoms with Gasteiger partial charge in [-0.3, -0.25) is 4.90 Å². The Morgan fingerprint density at radius 3 is 2.88 bits per heavy atom. The smallest absolute Gasteiger partial charge is 0.0669 e. The molecule has 0 aliphatic carbocycles. The first-order chi connectivity index (χ1) is 8.11. The number of rotatable bonds is 7. The van der Waals surface area contributed by atoms with Gasteiger partial charge in [0.2, 0.25) is 0 Å². The Morgan fingerprint density at radius 1 is 1.47 bits per heavy atom. The van der Waals surface area contributed by atoms with E-state index in [4.69, 9.17) is 10.5 Å². The zero-order chi connectivity index (χ0) is 12.7. The molecule has 0 amide bonds. The van der Waals surface area contributed by atoms with Gasteiger partial charge in [0.25, 0.3) is 0 Å². The van der Waals surface area contributed by atoms with Crippen LogP contribution >= 0.6 is 15.9 Å². The molecule has 0 saturated carbocycles. The summed E-state index contributed by atoms with van der Waals surface area (Å²) in [6.07, 6.45) is 0.147. The SMILES string of the molecule is CC(CN)OCCN(C)Cc1cccc(Br)c1. The topological polar surface area (TPSA) is 38.5 Å². The van der Waals surface area contributed by atoms with Crippen molar-refractivity contribution in [1.29, 1.82) is 0 Å². The number of ether oxygens (including phenoxy) is 1. The van der Waals surface area contributed by atoms with Crippen molar-refractivity contribution in [2.45, 2.75) is 19.6 Å². The minimum Gasteiger partial charge on any atom is -0.376 e. The Balaban J connectivity index is 2.27. The second-order valence-corrected chi connectivity index (χ2v) is 5.20. The van der Waals surface area contributed by atoms with Crippen LogP contribution < -0.4 is 5.73 Å². The summed E-state index contributed by atoms with van der Waals surface area (Å²) >= 11 is 3.48. The molecule has 1 rings (SSSR count). The van der Waals surface area contributed by atoms with Gasteiger partial charge in [0.1, 0.15) is 0 Å². The molecule has 3 nitrogen and oxygen atoms in total. The average Bonchev–Trinajstić information content (AvgIpc) is 2.28. The zero-order valence-electron chi connectivity index (χ0n) is 10.5. The first kappa shape index (κ1) is 14.6. The van der Waals surface area contributed by atoms with E-state index in [1.807, 2.05) is 13.0 Å². The fraction of sp³-hybridized carbons (Fsp3) is 0.538. The molecule has 0 radical (unpaired) electrons. The van der Waals surface area contributed by atoms with Crippen LogP contribution in [0.3, 0.4) is 0 Å². The molecule has 0 aliphatic heterocycles. The molecule has 0 fully saturated rings. The largest absolute Gasteiger partial charge is 0.376 e. The van der Waals surface area contributed by atoms with Gasteiger partial charge in [0.15, 0.2) is 0 Å². The van der Waals surface area contributed by atoms with Gasteiger partial charge in [0, 0.05) is 24.1 Å². The maximum absolute atomic E-state index is 5.55. The third-order valence-electron chi connectivity index (χ3n) is 2.55. The van der Waals surface area contributed by atoms with Gasteiger partial charge in [-0.05, 0) is 31.7 Å². The Hall–Kier alpha value is -0.420. The molecule has 2 N–H and O–H groups in total. The van der Waals surface area contributed by atoms with Crippen molar-refractivity contribution >= 4 is 15.9 Å². The number of hydrogen-bond acceptors (Lipinski definition) is 3. The van der Waals surface area contributed by atoms with Crippen LogP contribution in [0.1, 0.15) is 12.5 Å². The van der Waals surface area contributed by atoms with Gasteiger partial charge in [-0.25, -0.2) is 0 Å². The summed E-state index contributed by atoms with van der Waals surface area (Å²) in [5.74, 6) is 0. The fourth-order valence-corrected chi connectivity index (χ4v) is 1.95. The second kappa shape index (κ2) is 7.82. The predicted molar refractivity (Wildman–Crippen MR) is 74.9 cm³/mol. The van der Waals surface area contributed by atoms with Crippen molar-refractivity contribution in [2.75, 3.05) is 26.7 Å². The lowest BCUT2D eigenvalue weighted by atomic mass is 10.2. The lowest BCUT2D eigenvalue weighted by Gasteiger charge is -2.18. The standard InChI is InChI=1S/C13H21BrN2O/c1-11(9-15)17-7-6-16(2)10-12-4-3-5-13(14)8-12/h3-5,8,11H,6-7,9-10,15H2,1-2H3. The first-order valence-electron chi connectivity index (χ1n) is 5.86. The first-order valence-corrected chi connectivity index (χ1v) is 6.65. The highest BCUT2D eigenvalue weighted by atomic mass is 79.9. The Kier molecular flexibility index (Phi) is 6.73. The van der Waals surface area contributed by atoms with Crippen molar-refractivity contribution < 1.29 is 4.74 Å². The normalized spacial score (nSPS) is 13.0. The lowest BCUT2D eigenvalue weighted by molar-refractivity contribution is 0.0567. The van der Waals surface area contributed by atoms with Gasteiger partial charge < -0.3 is 10.5 Å². The van der Waals surface area contributed by atoms with Gasteiger partial charge in [-0.2, -0.15) is 0 Å². The summed E-state index contributed by atoms with van der Waals surface area (Å²) in [5.41, 5.74) is 6.79. The van der Waals surface area contributed by atoms with Crippen molar-refractivity contribution in [2.24, 2.45) is 5.73 Å². The summed E-state index contributed by atoms with van der Waals surface area (Å²) in [5, 5.41) is 0. The van der Waals surface area contributed by atoms with E-state index in [1.54, 1.807) is 0 Å². The van der Waals surface area contributed by atoms with Gasteiger partial charge >= 0.3 is 0 Å². The van der Waals surface area contributed by atoms with Crippen molar-refractivity contribution in [3.63, 3.8) is 0 Å². The number of hydrogen-bond donors (Lipinski definition) is 1. The molecule has 0 spiro atoms. The highest BCUT2D eigenvalue weighted by molar-refractivity contribution is 9.10. The van der Waals surface area contributed by atoms with Crippen LogP contribution in [0.4, 0.5) is 0 Å².